The highest BCUT2D eigenvalue weighted by atomic mass is 32.1. The van der Waals surface area contributed by atoms with Crippen LogP contribution in [0, 0.1) is 13.8 Å². The van der Waals surface area contributed by atoms with Crippen molar-refractivity contribution in [2.24, 2.45) is 0 Å². The molecule has 2 aromatic carbocycles. The molecular formula is C26H33N3O3S. The van der Waals surface area contributed by atoms with E-state index in [4.69, 9.17) is 14.5 Å². The largest absolute Gasteiger partial charge is 0.494 e. The van der Waals surface area contributed by atoms with Gasteiger partial charge in [0.15, 0.2) is 5.13 Å². The molecule has 0 aliphatic carbocycles. The summed E-state index contributed by atoms with van der Waals surface area (Å²) in [5, 5.41) is 0.760. The molecule has 0 unspecified atom stereocenters. The normalized spacial score (nSPS) is 14.5. The van der Waals surface area contributed by atoms with Crippen molar-refractivity contribution in [3.8, 4) is 5.75 Å². The van der Waals surface area contributed by atoms with E-state index in [-0.39, 0.29) is 5.91 Å². The van der Waals surface area contributed by atoms with Crippen LogP contribution in [0.1, 0.15) is 30.0 Å². The van der Waals surface area contributed by atoms with Crippen molar-refractivity contribution in [2.75, 3.05) is 50.9 Å². The number of amides is 1. The number of hydrogen-bond donors (Lipinski definition) is 0. The van der Waals surface area contributed by atoms with E-state index < -0.39 is 0 Å². The molecule has 2 heterocycles. The zero-order valence-corrected chi connectivity index (χ0v) is 20.6. The van der Waals surface area contributed by atoms with E-state index in [1.807, 2.05) is 30.0 Å². The van der Waals surface area contributed by atoms with E-state index in [9.17, 15) is 4.79 Å². The fraction of sp³-hybridized carbons (Fsp3) is 0.462. The summed E-state index contributed by atoms with van der Waals surface area (Å²) in [5.41, 5.74) is 4.34. The number of hydrogen-bond acceptors (Lipinski definition) is 6. The lowest BCUT2D eigenvalue weighted by atomic mass is 10.0. The molecule has 1 aromatic heterocycles. The molecule has 1 saturated heterocycles. The van der Waals surface area contributed by atoms with Crippen molar-refractivity contribution in [3.63, 3.8) is 0 Å². The first-order valence-corrected chi connectivity index (χ1v) is 12.5. The van der Waals surface area contributed by atoms with Crippen LogP contribution >= 0.6 is 11.3 Å². The first kappa shape index (κ1) is 23.7. The van der Waals surface area contributed by atoms with Crippen LogP contribution in [-0.2, 0) is 16.0 Å². The molecule has 1 aliphatic heterocycles. The van der Waals surface area contributed by atoms with Crippen molar-refractivity contribution in [3.05, 3.63) is 53.1 Å². The van der Waals surface area contributed by atoms with Crippen LogP contribution in [0.4, 0.5) is 5.13 Å². The maximum Gasteiger partial charge on any atom is 0.233 e. The predicted octanol–water partition coefficient (Wildman–Crippen LogP) is 4.61. The minimum atomic E-state index is 0.0908. The topological polar surface area (TPSA) is 54.9 Å². The molecule has 1 aliphatic rings. The van der Waals surface area contributed by atoms with Crippen LogP contribution in [0.15, 0.2) is 36.4 Å². The Bertz CT molecular complexity index is 1090. The number of fused-ring (bicyclic) bond motifs is 1. The van der Waals surface area contributed by atoms with E-state index in [0.717, 1.165) is 71.5 Å². The number of anilines is 1. The zero-order valence-electron chi connectivity index (χ0n) is 19.8. The van der Waals surface area contributed by atoms with Gasteiger partial charge in [0, 0.05) is 26.2 Å². The summed E-state index contributed by atoms with van der Waals surface area (Å²) in [4.78, 5) is 22.6. The Morgan fingerprint density at radius 1 is 1.18 bits per heavy atom. The molecule has 0 radical (unpaired) electrons. The van der Waals surface area contributed by atoms with Gasteiger partial charge in [-0.25, -0.2) is 4.98 Å². The Morgan fingerprint density at radius 2 is 2.00 bits per heavy atom. The maximum absolute atomic E-state index is 13.5. The second-order valence-electron chi connectivity index (χ2n) is 8.52. The summed E-state index contributed by atoms with van der Waals surface area (Å²) < 4.78 is 12.1. The first-order valence-electron chi connectivity index (χ1n) is 11.7. The van der Waals surface area contributed by atoms with E-state index >= 15 is 0 Å². The van der Waals surface area contributed by atoms with Crippen LogP contribution in [0.2, 0.25) is 0 Å². The minimum Gasteiger partial charge on any atom is -0.494 e. The summed E-state index contributed by atoms with van der Waals surface area (Å²) >= 11 is 1.56. The van der Waals surface area contributed by atoms with Crippen molar-refractivity contribution in [1.29, 1.82) is 0 Å². The van der Waals surface area contributed by atoms with Crippen LogP contribution in [0.3, 0.4) is 0 Å². The van der Waals surface area contributed by atoms with Crippen LogP contribution in [0.5, 0.6) is 5.75 Å². The summed E-state index contributed by atoms with van der Waals surface area (Å²) in [6, 6.07) is 12.2. The fourth-order valence-electron chi connectivity index (χ4n) is 4.17. The molecule has 7 heteroatoms. The summed E-state index contributed by atoms with van der Waals surface area (Å²) in [6.45, 7) is 11.8. The third-order valence-corrected chi connectivity index (χ3v) is 7.03. The third kappa shape index (κ3) is 6.10. The zero-order chi connectivity index (χ0) is 23.2. The van der Waals surface area contributed by atoms with E-state index in [1.165, 1.54) is 5.56 Å². The Morgan fingerprint density at radius 3 is 2.76 bits per heavy atom. The molecule has 0 bridgehead atoms. The Labute approximate surface area is 200 Å². The maximum atomic E-state index is 13.5. The Hall–Kier alpha value is -2.48. The van der Waals surface area contributed by atoms with Gasteiger partial charge in [-0.15, -0.1) is 0 Å². The second-order valence-corrected chi connectivity index (χ2v) is 9.53. The predicted molar refractivity (Wildman–Crippen MR) is 135 cm³/mol. The Balaban J connectivity index is 1.54. The van der Waals surface area contributed by atoms with Crippen LogP contribution < -0.4 is 9.64 Å². The lowest BCUT2D eigenvalue weighted by molar-refractivity contribution is -0.118. The highest BCUT2D eigenvalue weighted by Crippen LogP contribution is 2.32. The SMILES string of the molecule is CCOc1ccc2nc(N(CCCN3CCOCC3)C(=O)Cc3ccc(C)cc3C)sc2c1. The molecule has 1 fully saturated rings. The number of aryl methyl sites for hydroxylation is 2. The summed E-state index contributed by atoms with van der Waals surface area (Å²) in [7, 11) is 0. The number of thiazole rings is 1. The highest BCUT2D eigenvalue weighted by molar-refractivity contribution is 7.22. The van der Waals surface area contributed by atoms with E-state index in [1.54, 1.807) is 11.3 Å². The van der Waals surface area contributed by atoms with Gasteiger partial charge >= 0.3 is 0 Å². The van der Waals surface area contributed by atoms with Gasteiger partial charge in [-0.3, -0.25) is 14.6 Å². The smallest absolute Gasteiger partial charge is 0.233 e. The number of aromatic nitrogens is 1. The van der Waals surface area contributed by atoms with Gasteiger partial charge in [0.1, 0.15) is 5.75 Å². The number of carbonyl (C=O) groups is 1. The van der Waals surface area contributed by atoms with Gasteiger partial charge in [-0.2, -0.15) is 0 Å². The summed E-state index contributed by atoms with van der Waals surface area (Å²) in [5.74, 6) is 0.925. The van der Waals surface area contributed by atoms with Crippen LogP contribution in [0.25, 0.3) is 10.2 Å². The molecule has 0 saturated carbocycles. The Kier molecular flexibility index (Phi) is 7.96. The molecule has 4 rings (SSSR count). The first-order chi connectivity index (χ1) is 16.0. The van der Waals surface area contributed by atoms with Gasteiger partial charge in [0.25, 0.3) is 0 Å². The standard InChI is InChI=1S/C26H33N3O3S/c1-4-32-22-8-9-23-24(18-22)33-26(27-23)29(11-5-10-28-12-14-31-15-13-28)25(30)17-21-7-6-19(2)16-20(21)3/h6-9,16,18H,4-5,10-15,17H2,1-3H3. The average molecular weight is 468 g/mol. The minimum absolute atomic E-state index is 0.0908. The van der Waals surface area contributed by atoms with Gasteiger partial charge in [-0.05, 0) is 56.5 Å². The number of benzene rings is 2. The number of morpholine rings is 1. The average Bonchev–Trinajstić information content (AvgIpc) is 3.22. The molecule has 176 valence electrons. The quantitative estimate of drug-likeness (QED) is 0.460. The fourth-order valence-corrected chi connectivity index (χ4v) is 5.21. The van der Waals surface area contributed by atoms with Gasteiger partial charge in [-0.1, -0.05) is 35.1 Å². The molecule has 0 spiro atoms. The molecule has 33 heavy (non-hydrogen) atoms. The molecule has 0 atom stereocenters. The van der Waals surface area contributed by atoms with Crippen molar-refractivity contribution < 1.29 is 14.3 Å². The van der Waals surface area contributed by atoms with Crippen molar-refractivity contribution >= 4 is 32.6 Å². The van der Waals surface area contributed by atoms with E-state index in [2.05, 4.69) is 36.9 Å². The number of carbonyl (C=O) groups excluding carboxylic acids is 1. The molecule has 3 aromatic rings. The molecule has 0 N–H and O–H groups in total. The second kappa shape index (κ2) is 11.1. The molecular weight excluding hydrogens is 434 g/mol. The van der Waals surface area contributed by atoms with Crippen molar-refractivity contribution in [1.82, 2.24) is 9.88 Å². The van der Waals surface area contributed by atoms with Gasteiger partial charge < -0.3 is 9.47 Å². The van der Waals surface area contributed by atoms with Gasteiger partial charge in [0.2, 0.25) is 5.91 Å². The molecule has 6 nitrogen and oxygen atoms in total. The number of rotatable bonds is 9. The third-order valence-electron chi connectivity index (χ3n) is 5.99. The lowest BCUT2D eigenvalue weighted by Crippen LogP contribution is -2.39. The number of ether oxygens (including phenoxy) is 2. The molecule has 1 amide bonds. The number of nitrogens with zero attached hydrogens (tertiary/aromatic N) is 3. The lowest BCUT2D eigenvalue weighted by Gasteiger charge is -2.27. The van der Waals surface area contributed by atoms with Gasteiger partial charge in [0.05, 0.1) is 36.5 Å². The van der Waals surface area contributed by atoms with E-state index in [0.29, 0.717) is 19.6 Å². The summed E-state index contributed by atoms with van der Waals surface area (Å²) in [6.07, 6.45) is 1.28. The van der Waals surface area contributed by atoms with Crippen LogP contribution in [-0.4, -0.2) is 61.8 Å². The highest BCUT2D eigenvalue weighted by Gasteiger charge is 2.21. The monoisotopic (exact) mass is 467 g/mol. The van der Waals surface area contributed by atoms with Crippen molar-refractivity contribution in [2.45, 2.75) is 33.6 Å².